The predicted octanol–water partition coefficient (Wildman–Crippen LogP) is 1.24. The third kappa shape index (κ3) is 3.63. The van der Waals surface area contributed by atoms with Crippen molar-refractivity contribution in [3.05, 3.63) is 53.2 Å². The molecule has 0 N–H and O–H groups in total. The topological polar surface area (TPSA) is 97.6 Å². The zero-order valence-corrected chi connectivity index (χ0v) is 16.9. The summed E-state index contributed by atoms with van der Waals surface area (Å²) in [4.78, 5) is 21.1. The molecule has 0 bridgehead atoms. The molecule has 1 aromatic carbocycles. The number of amides is 1. The second kappa shape index (κ2) is 7.37. The number of hydrogen-bond donors (Lipinski definition) is 0. The third-order valence-corrected chi connectivity index (χ3v) is 6.53. The van der Waals surface area contributed by atoms with Gasteiger partial charge in [0.2, 0.25) is 10.0 Å². The fraction of sp³-hybridized carbons (Fsp3) is 0.350. The highest BCUT2D eigenvalue weighted by molar-refractivity contribution is 7.92. The molecule has 9 heteroatoms. The fourth-order valence-electron chi connectivity index (χ4n) is 3.89. The minimum atomic E-state index is -3.30. The van der Waals surface area contributed by atoms with Crippen LogP contribution in [0.2, 0.25) is 0 Å². The molecule has 3 heterocycles. The average molecular weight is 411 g/mol. The Bertz CT molecular complexity index is 1100. The van der Waals surface area contributed by atoms with Crippen LogP contribution < -0.4 is 9.21 Å². The lowest BCUT2D eigenvalue weighted by Crippen LogP contribution is -2.49. The molecule has 4 rings (SSSR count). The second-order valence-electron chi connectivity index (χ2n) is 7.19. The summed E-state index contributed by atoms with van der Waals surface area (Å²) in [7, 11) is -3.30. The number of benzene rings is 1. The van der Waals surface area contributed by atoms with Crippen LogP contribution in [0.3, 0.4) is 0 Å². The number of piperazine rings is 1. The van der Waals surface area contributed by atoms with Gasteiger partial charge in [-0.25, -0.2) is 13.4 Å². The zero-order chi connectivity index (χ0) is 20.6. The van der Waals surface area contributed by atoms with Gasteiger partial charge >= 0.3 is 0 Å². The molecule has 1 aromatic heterocycles. The molecule has 2 aliphatic rings. The van der Waals surface area contributed by atoms with Crippen LogP contribution in [-0.2, 0) is 16.4 Å². The minimum Gasteiger partial charge on any atom is -0.352 e. The monoisotopic (exact) mass is 411 g/mol. The first-order chi connectivity index (χ1) is 13.9. The summed E-state index contributed by atoms with van der Waals surface area (Å²) in [5, 5.41) is 9.26. The summed E-state index contributed by atoms with van der Waals surface area (Å²) < 4.78 is 25.1. The van der Waals surface area contributed by atoms with Crippen LogP contribution in [0, 0.1) is 11.3 Å². The Labute approximate surface area is 170 Å². The van der Waals surface area contributed by atoms with Crippen molar-refractivity contribution in [3.63, 3.8) is 0 Å². The SMILES string of the molecule is CS(=O)(=O)N1CCc2cc(C(=O)N3CCN(c4ncccc4C#N)CC3)ccc21. The van der Waals surface area contributed by atoms with Crippen LogP contribution in [0.15, 0.2) is 36.5 Å². The smallest absolute Gasteiger partial charge is 0.253 e. The Balaban J connectivity index is 1.46. The van der Waals surface area contributed by atoms with E-state index < -0.39 is 10.0 Å². The first kappa shape index (κ1) is 19.2. The van der Waals surface area contributed by atoms with Crippen LogP contribution in [0.25, 0.3) is 0 Å². The van der Waals surface area contributed by atoms with Crippen molar-refractivity contribution in [2.24, 2.45) is 0 Å². The number of carbonyl (C=O) groups excluding carboxylic acids is 1. The maximum absolute atomic E-state index is 13.0. The molecule has 0 spiro atoms. The van der Waals surface area contributed by atoms with Crippen LogP contribution in [0.1, 0.15) is 21.5 Å². The quantitative estimate of drug-likeness (QED) is 0.754. The van der Waals surface area contributed by atoms with E-state index in [2.05, 4.69) is 11.1 Å². The van der Waals surface area contributed by atoms with E-state index in [1.165, 1.54) is 10.6 Å². The summed E-state index contributed by atoms with van der Waals surface area (Å²) in [6, 6.07) is 10.9. The molecule has 0 atom stereocenters. The molecule has 1 fully saturated rings. The van der Waals surface area contributed by atoms with Gasteiger partial charge in [-0.2, -0.15) is 5.26 Å². The summed E-state index contributed by atoms with van der Waals surface area (Å²) in [6.07, 6.45) is 3.46. The maximum atomic E-state index is 13.0. The summed E-state index contributed by atoms with van der Waals surface area (Å²) in [6.45, 7) is 2.68. The summed E-state index contributed by atoms with van der Waals surface area (Å²) >= 11 is 0. The van der Waals surface area contributed by atoms with Gasteiger partial charge < -0.3 is 9.80 Å². The van der Waals surface area contributed by atoms with E-state index in [4.69, 9.17) is 0 Å². The van der Waals surface area contributed by atoms with Crippen molar-refractivity contribution < 1.29 is 13.2 Å². The van der Waals surface area contributed by atoms with Gasteiger partial charge in [0.15, 0.2) is 0 Å². The molecule has 2 aromatic rings. The molecule has 0 aliphatic carbocycles. The number of pyridine rings is 1. The molecule has 2 aliphatic heterocycles. The van der Waals surface area contributed by atoms with E-state index in [9.17, 15) is 18.5 Å². The Hall–Kier alpha value is -3.12. The van der Waals surface area contributed by atoms with E-state index >= 15 is 0 Å². The average Bonchev–Trinajstić information content (AvgIpc) is 3.17. The van der Waals surface area contributed by atoms with Crippen LogP contribution >= 0.6 is 0 Å². The number of nitriles is 1. The van der Waals surface area contributed by atoms with Gasteiger partial charge in [-0.1, -0.05) is 0 Å². The highest BCUT2D eigenvalue weighted by Gasteiger charge is 2.28. The van der Waals surface area contributed by atoms with E-state index in [0.29, 0.717) is 61.8 Å². The number of nitrogens with zero attached hydrogens (tertiary/aromatic N) is 5. The molecule has 0 radical (unpaired) electrons. The van der Waals surface area contributed by atoms with Crippen LogP contribution in [-0.4, -0.2) is 63.2 Å². The van der Waals surface area contributed by atoms with Gasteiger partial charge in [0.05, 0.1) is 17.5 Å². The van der Waals surface area contributed by atoms with Gasteiger partial charge in [0.1, 0.15) is 11.9 Å². The maximum Gasteiger partial charge on any atom is 0.253 e. The summed E-state index contributed by atoms with van der Waals surface area (Å²) in [5.74, 6) is 0.590. The molecule has 0 unspecified atom stereocenters. The third-order valence-electron chi connectivity index (χ3n) is 5.35. The number of carbonyl (C=O) groups is 1. The lowest BCUT2D eigenvalue weighted by Gasteiger charge is -2.35. The fourth-order valence-corrected chi connectivity index (χ4v) is 4.85. The number of fused-ring (bicyclic) bond motifs is 1. The number of anilines is 2. The van der Waals surface area contributed by atoms with Crippen LogP contribution in [0.4, 0.5) is 11.5 Å². The Morgan fingerprint density at radius 1 is 1.14 bits per heavy atom. The number of hydrogen-bond acceptors (Lipinski definition) is 6. The van der Waals surface area contributed by atoms with Crippen molar-refractivity contribution in [2.75, 3.05) is 48.2 Å². The van der Waals surface area contributed by atoms with Gasteiger partial charge in [-0.15, -0.1) is 0 Å². The van der Waals surface area contributed by atoms with Gasteiger partial charge in [0.25, 0.3) is 5.91 Å². The van der Waals surface area contributed by atoms with E-state index in [0.717, 1.165) is 5.56 Å². The van der Waals surface area contributed by atoms with Crippen LogP contribution in [0.5, 0.6) is 0 Å². The lowest BCUT2D eigenvalue weighted by molar-refractivity contribution is 0.0746. The van der Waals surface area contributed by atoms with E-state index in [1.807, 2.05) is 11.0 Å². The first-order valence-electron chi connectivity index (χ1n) is 9.38. The number of rotatable bonds is 3. The zero-order valence-electron chi connectivity index (χ0n) is 16.1. The van der Waals surface area contributed by atoms with E-state index in [-0.39, 0.29) is 5.91 Å². The second-order valence-corrected chi connectivity index (χ2v) is 9.10. The number of aromatic nitrogens is 1. The lowest BCUT2D eigenvalue weighted by atomic mass is 10.1. The molecular formula is C20H21N5O3S. The highest BCUT2D eigenvalue weighted by atomic mass is 32.2. The Morgan fingerprint density at radius 2 is 1.90 bits per heavy atom. The molecule has 8 nitrogen and oxygen atoms in total. The predicted molar refractivity (Wildman–Crippen MR) is 109 cm³/mol. The largest absolute Gasteiger partial charge is 0.352 e. The Morgan fingerprint density at radius 3 is 2.59 bits per heavy atom. The van der Waals surface area contributed by atoms with E-state index in [1.54, 1.807) is 35.4 Å². The highest BCUT2D eigenvalue weighted by Crippen LogP contribution is 2.31. The molecule has 1 saturated heterocycles. The minimum absolute atomic E-state index is 0.0632. The van der Waals surface area contributed by atoms with Crippen molar-refractivity contribution in [2.45, 2.75) is 6.42 Å². The van der Waals surface area contributed by atoms with Crippen molar-refractivity contribution >= 4 is 27.4 Å². The normalized spacial score (nSPS) is 16.5. The van der Waals surface area contributed by atoms with Crippen molar-refractivity contribution in [1.29, 1.82) is 5.26 Å². The molecule has 150 valence electrons. The molecular weight excluding hydrogens is 390 g/mol. The standard InChI is InChI=1S/C20H21N5O3S/c1-29(27,28)25-8-6-15-13-16(4-5-18(15)25)20(26)24-11-9-23(10-12-24)19-17(14-21)3-2-7-22-19/h2-5,7,13H,6,8-12H2,1H3. The summed E-state index contributed by atoms with van der Waals surface area (Å²) in [5.41, 5.74) is 2.64. The molecule has 1 amide bonds. The van der Waals surface area contributed by atoms with Gasteiger partial charge in [-0.3, -0.25) is 9.10 Å². The van der Waals surface area contributed by atoms with Gasteiger partial charge in [-0.05, 0) is 42.3 Å². The number of sulfonamides is 1. The molecule has 0 saturated carbocycles. The van der Waals surface area contributed by atoms with Crippen molar-refractivity contribution in [1.82, 2.24) is 9.88 Å². The van der Waals surface area contributed by atoms with Crippen molar-refractivity contribution in [3.8, 4) is 6.07 Å². The first-order valence-corrected chi connectivity index (χ1v) is 11.2. The molecule has 29 heavy (non-hydrogen) atoms. The van der Waals surface area contributed by atoms with Gasteiger partial charge in [0, 0.05) is 44.5 Å². The Kier molecular flexibility index (Phi) is 4.88.